The first-order valence-electron chi connectivity index (χ1n) is 7.11. The molecule has 100 valence electrons. The number of nitrogens with one attached hydrogen (secondary N) is 1. The Hall–Kier alpha value is -1.25. The van der Waals surface area contributed by atoms with Gasteiger partial charge < -0.3 is 9.88 Å². The van der Waals surface area contributed by atoms with Gasteiger partial charge in [0.25, 0.3) is 5.91 Å². The van der Waals surface area contributed by atoms with Crippen LogP contribution in [0.2, 0.25) is 0 Å². The van der Waals surface area contributed by atoms with Crippen LogP contribution in [0.5, 0.6) is 0 Å². The standard InChI is InChI=1S/C15H24N2O/c1-4-16-15(18)14-10-11(2)17(12(14)3)13-8-6-5-7-9-13/h10,13H,4-9H2,1-3H3,(H,16,18). The van der Waals surface area contributed by atoms with Crippen LogP contribution in [0.4, 0.5) is 0 Å². The molecule has 0 spiro atoms. The first kappa shape index (κ1) is 13.2. The molecule has 1 heterocycles. The Morgan fingerprint density at radius 1 is 1.33 bits per heavy atom. The lowest BCUT2D eigenvalue weighted by Gasteiger charge is -2.26. The van der Waals surface area contributed by atoms with E-state index in [1.165, 1.54) is 37.8 Å². The predicted molar refractivity (Wildman–Crippen MR) is 74.0 cm³/mol. The molecule has 1 aromatic heterocycles. The summed E-state index contributed by atoms with van der Waals surface area (Å²) in [6, 6.07) is 2.64. The van der Waals surface area contributed by atoms with Crippen molar-refractivity contribution in [2.75, 3.05) is 6.54 Å². The number of hydrogen-bond donors (Lipinski definition) is 1. The SMILES string of the molecule is CCNC(=O)c1cc(C)n(C2CCCCC2)c1C. The van der Waals surface area contributed by atoms with Gasteiger partial charge in [0.2, 0.25) is 0 Å². The third kappa shape index (κ3) is 2.45. The molecular formula is C15H24N2O. The molecule has 0 radical (unpaired) electrons. The van der Waals surface area contributed by atoms with Crippen molar-refractivity contribution in [2.24, 2.45) is 0 Å². The Bertz CT molecular complexity index is 428. The van der Waals surface area contributed by atoms with E-state index in [4.69, 9.17) is 0 Å². The van der Waals surface area contributed by atoms with E-state index in [0.717, 1.165) is 11.3 Å². The van der Waals surface area contributed by atoms with Gasteiger partial charge in [0.15, 0.2) is 0 Å². The van der Waals surface area contributed by atoms with Crippen LogP contribution in [0, 0.1) is 13.8 Å². The summed E-state index contributed by atoms with van der Waals surface area (Å²) in [5, 5.41) is 2.89. The Labute approximate surface area is 110 Å². The summed E-state index contributed by atoms with van der Waals surface area (Å²) in [5.74, 6) is 0.0626. The molecule has 1 fully saturated rings. The highest BCUT2D eigenvalue weighted by Gasteiger charge is 2.22. The largest absolute Gasteiger partial charge is 0.352 e. The molecule has 3 heteroatoms. The van der Waals surface area contributed by atoms with Crippen molar-refractivity contribution in [1.82, 2.24) is 9.88 Å². The molecule has 0 aliphatic heterocycles. The summed E-state index contributed by atoms with van der Waals surface area (Å²) < 4.78 is 2.38. The molecule has 0 atom stereocenters. The van der Waals surface area contributed by atoms with Crippen molar-refractivity contribution in [2.45, 2.75) is 58.9 Å². The monoisotopic (exact) mass is 248 g/mol. The lowest BCUT2D eigenvalue weighted by Crippen LogP contribution is -2.23. The third-order valence-electron chi connectivity index (χ3n) is 4.01. The minimum atomic E-state index is 0.0626. The maximum Gasteiger partial charge on any atom is 0.253 e. The quantitative estimate of drug-likeness (QED) is 0.874. The number of carbonyl (C=O) groups excluding carboxylic acids is 1. The highest BCUT2D eigenvalue weighted by atomic mass is 16.1. The van der Waals surface area contributed by atoms with Gasteiger partial charge in [-0.2, -0.15) is 0 Å². The van der Waals surface area contributed by atoms with Crippen molar-refractivity contribution >= 4 is 5.91 Å². The fourth-order valence-corrected chi connectivity index (χ4v) is 3.16. The van der Waals surface area contributed by atoms with Crippen LogP contribution in [0.1, 0.15) is 66.8 Å². The fraction of sp³-hybridized carbons (Fsp3) is 0.667. The summed E-state index contributed by atoms with van der Waals surface area (Å²) in [7, 11) is 0. The predicted octanol–water partition coefficient (Wildman–Crippen LogP) is 3.36. The van der Waals surface area contributed by atoms with E-state index in [9.17, 15) is 4.79 Å². The minimum absolute atomic E-state index is 0.0626. The number of carbonyl (C=O) groups is 1. The van der Waals surface area contributed by atoms with Gasteiger partial charge in [-0.3, -0.25) is 4.79 Å². The molecule has 1 aliphatic carbocycles. The smallest absolute Gasteiger partial charge is 0.253 e. The van der Waals surface area contributed by atoms with Gasteiger partial charge in [-0.05, 0) is 39.7 Å². The molecule has 1 aliphatic rings. The van der Waals surface area contributed by atoms with Crippen molar-refractivity contribution in [3.8, 4) is 0 Å². The summed E-state index contributed by atoms with van der Waals surface area (Å²) >= 11 is 0. The highest BCUT2D eigenvalue weighted by molar-refractivity contribution is 5.95. The molecule has 0 unspecified atom stereocenters. The van der Waals surface area contributed by atoms with E-state index in [2.05, 4.69) is 23.7 Å². The molecule has 3 nitrogen and oxygen atoms in total. The molecule has 18 heavy (non-hydrogen) atoms. The molecule has 1 amide bonds. The minimum Gasteiger partial charge on any atom is -0.352 e. The molecule has 0 aromatic carbocycles. The Morgan fingerprint density at radius 3 is 2.61 bits per heavy atom. The lowest BCUT2D eigenvalue weighted by atomic mass is 9.95. The second-order valence-corrected chi connectivity index (χ2v) is 5.31. The van der Waals surface area contributed by atoms with Gasteiger partial charge in [-0.1, -0.05) is 19.3 Å². The van der Waals surface area contributed by atoms with E-state index in [-0.39, 0.29) is 5.91 Å². The zero-order chi connectivity index (χ0) is 13.1. The van der Waals surface area contributed by atoms with Crippen molar-refractivity contribution < 1.29 is 4.79 Å². The summed E-state index contributed by atoms with van der Waals surface area (Å²) in [5.41, 5.74) is 3.20. The number of nitrogens with zero attached hydrogens (tertiary/aromatic N) is 1. The second-order valence-electron chi connectivity index (χ2n) is 5.31. The van der Waals surface area contributed by atoms with Crippen LogP contribution >= 0.6 is 0 Å². The van der Waals surface area contributed by atoms with Crippen LogP contribution in [-0.4, -0.2) is 17.0 Å². The zero-order valence-corrected chi connectivity index (χ0v) is 11.8. The van der Waals surface area contributed by atoms with Gasteiger partial charge in [0, 0.05) is 24.0 Å². The van der Waals surface area contributed by atoms with E-state index in [0.29, 0.717) is 12.6 Å². The van der Waals surface area contributed by atoms with Gasteiger partial charge in [-0.25, -0.2) is 0 Å². The molecule has 0 bridgehead atoms. The number of aryl methyl sites for hydroxylation is 1. The van der Waals surface area contributed by atoms with Crippen molar-refractivity contribution in [1.29, 1.82) is 0 Å². The highest BCUT2D eigenvalue weighted by Crippen LogP contribution is 2.32. The van der Waals surface area contributed by atoms with Crippen LogP contribution in [-0.2, 0) is 0 Å². The van der Waals surface area contributed by atoms with Gasteiger partial charge in [0.05, 0.1) is 5.56 Å². The van der Waals surface area contributed by atoms with Crippen LogP contribution in [0.15, 0.2) is 6.07 Å². The Kier molecular flexibility index (Phi) is 4.10. The first-order valence-corrected chi connectivity index (χ1v) is 7.11. The van der Waals surface area contributed by atoms with Gasteiger partial charge in [-0.15, -0.1) is 0 Å². The third-order valence-corrected chi connectivity index (χ3v) is 4.01. The molecule has 0 saturated heterocycles. The summed E-state index contributed by atoms with van der Waals surface area (Å²) in [4.78, 5) is 12.0. The van der Waals surface area contributed by atoms with E-state index in [1.807, 2.05) is 13.0 Å². The average Bonchev–Trinajstić information content (AvgIpc) is 2.66. The van der Waals surface area contributed by atoms with E-state index < -0.39 is 0 Å². The summed E-state index contributed by atoms with van der Waals surface area (Å²) in [6.07, 6.45) is 6.51. The molecule has 2 rings (SSSR count). The summed E-state index contributed by atoms with van der Waals surface area (Å²) in [6.45, 7) is 6.83. The average molecular weight is 248 g/mol. The molecular weight excluding hydrogens is 224 g/mol. The number of rotatable bonds is 3. The first-order chi connectivity index (χ1) is 8.65. The van der Waals surface area contributed by atoms with Crippen LogP contribution < -0.4 is 5.32 Å². The number of amides is 1. The molecule has 1 aromatic rings. The molecule has 1 N–H and O–H groups in total. The van der Waals surface area contributed by atoms with Gasteiger partial charge >= 0.3 is 0 Å². The van der Waals surface area contributed by atoms with Crippen LogP contribution in [0.3, 0.4) is 0 Å². The normalized spacial score (nSPS) is 16.8. The topological polar surface area (TPSA) is 34.0 Å². The lowest BCUT2D eigenvalue weighted by molar-refractivity contribution is 0.0955. The maximum atomic E-state index is 12.0. The zero-order valence-electron chi connectivity index (χ0n) is 11.8. The van der Waals surface area contributed by atoms with E-state index in [1.54, 1.807) is 0 Å². The fourth-order valence-electron chi connectivity index (χ4n) is 3.16. The number of hydrogen-bond acceptors (Lipinski definition) is 1. The Morgan fingerprint density at radius 2 is 2.00 bits per heavy atom. The molecule has 1 saturated carbocycles. The van der Waals surface area contributed by atoms with E-state index >= 15 is 0 Å². The van der Waals surface area contributed by atoms with Crippen LogP contribution in [0.25, 0.3) is 0 Å². The van der Waals surface area contributed by atoms with Crippen molar-refractivity contribution in [3.05, 3.63) is 23.0 Å². The Balaban J connectivity index is 2.28. The van der Waals surface area contributed by atoms with Gasteiger partial charge in [0.1, 0.15) is 0 Å². The second kappa shape index (κ2) is 5.59. The van der Waals surface area contributed by atoms with Crippen molar-refractivity contribution in [3.63, 3.8) is 0 Å². The number of aromatic nitrogens is 1. The maximum absolute atomic E-state index is 12.0.